The minimum Gasteiger partial charge on any atom is -0.342 e. The van der Waals surface area contributed by atoms with E-state index in [0.717, 1.165) is 68.8 Å². The molecule has 0 bridgehead atoms. The average Bonchev–Trinajstić information content (AvgIpc) is 1.21. The maximum atomic E-state index is 15.9. The van der Waals surface area contributed by atoms with E-state index in [1.807, 2.05) is 20.8 Å². The normalized spacial score (nSPS) is 26.1. The highest BCUT2D eigenvalue weighted by atomic mass is 35.5. The molecule has 3 aliphatic carbocycles. The predicted octanol–water partition coefficient (Wildman–Crippen LogP) is 7.35. The number of likely N-dealkylation sites (N-methyl/N-ethyl adjacent to an activating group) is 7. The maximum absolute atomic E-state index is 15.9. The van der Waals surface area contributed by atoms with Crippen LogP contribution in [0.4, 0.5) is 13.2 Å². The largest absolute Gasteiger partial charge is 0.417 e. The van der Waals surface area contributed by atoms with Crippen molar-refractivity contribution in [2.75, 3.05) is 128 Å². The summed E-state index contributed by atoms with van der Waals surface area (Å²) in [7, 11) is 10.2. The van der Waals surface area contributed by atoms with Crippen LogP contribution in [0.3, 0.4) is 0 Å². The van der Waals surface area contributed by atoms with Gasteiger partial charge in [-0.25, -0.2) is 0 Å². The highest BCUT2D eigenvalue weighted by molar-refractivity contribution is 6.31. The van der Waals surface area contributed by atoms with Crippen molar-refractivity contribution in [2.45, 2.75) is 225 Å². The molecule has 1 aromatic rings. The van der Waals surface area contributed by atoms with Crippen LogP contribution < -0.4 is 10.6 Å². The zero-order chi connectivity index (χ0) is 77.9. The number of piperazine rings is 1. The lowest BCUT2D eigenvalue weighted by Gasteiger charge is -2.43. The number of aryl methyl sites for hydroxylation is 1. The van der Waals surface area contributed by atoms with Crippen molar-refractivity contribution in [3.8, 4) is 0 Å². The van der Waals surface area contributed by atoms with Gasteiger partial charge in [0.15, 0.2) is 11.6 Å². The number of carbonyl (C=O) groups is 12. The molecule has 0 aromatic heterocycles. The third-order valence-electron chi connectivity index (χ3n) is 23.7. The summed E-state index contributed by atoms with van der Waals surface area (Å²) in [6, 6.07) is -2.72. The Morgan fingerprint density at radius 2 is 1.21 bits per heavy atom. The van der Waals surface area contributed by atoms with Gasteiger partial charge in [-0.1, -0.05) is 116 Å². The van der Waals surface area contributed by atoms with E-state index in [1.54, 1.807) is 18.9 Å². The third-order valence-corrected chi connectivity index (χ3v) is 24.0. The molecule has 7 rings (SSSR count). The van der Waals surface area contributed by atoms with Crippen LogP contribution in [-0.2, 0) is 70.1 Å². The molecule has 3 aliphatic heterocycles. The highest BCUT2D eigenvalue weighted by Crippen LogP contribution is 2.45. The Labute approximate surface area is 631 Å². The van der Waals surface area contributed by atoms with Crippen LogP contribution in [0.25, 0.3) is 0 Å². The molecule has 1 spiro atoms. The smallest absolute Gasteiger partial charge is 0.342 e. The van der Waals surface area contributed by atoms with Gasteiger partial charge in [0, 0.05) is 120 Å². The van der Waals surface area contributed by atoms with Gasteiger partial charge in [0.25, 0.3) is 0 Å². The number of Topliss-reactive ketones (excluding diaryl/α,β-unsaturated/α-hetero) is 2. The molecule has 24 nitrogen and oxygen atoms in total. The van der Waals surface area contributed by atoms with Crippen molar-refractivity contribution in [1.29, 1.82) is 0 Å². The molecule has 28 heteroatoms. The van der Waals surface area contributed by atoms with Crippen LogP contribution in [0.2, 0.25) is 5.02 Å². The number of rotatable bonds is 14. The highest BCUT2D eigenvalue weighted by Gasteiger charge is 2.50. The lowest BCUT2D eigenvalue weighted by Crippen LogP contribution is -2.60. The standard InChI is InChI=1S/C78H122ClF3N12O12/c1-12-53(4)68-74(104)87(7)50-66(98)85(5)51-67(99)89(9)63(44-54-24-16-13-17-25-54)72(102)86(6)48-58(95)45-57(30-28-55-29-31-60(61(79)43-55)78(80,81)82)71(101)94(41-40-92-38-34-83-35-39-92)49-59(96)47-77(32-20-21-33-77)76(106)91(11)69(56-26-18-14-19-27-56)75(105)90(10)64(73(103)93-36-22-15-23-37-93)46-65(97)88(8)62(42-52(2)3)70(100)84-68/h29,31,43,52-54,56-57,62-64,68-69,83H,12-28,30,32-42,44-51H2,1-11H3,(H,84,100)/t53-,57+,62-,63-,64?,68-,69?/m0/s1. The number of nitrogens with zero attached hydrogens (tertiary/aromatic N) is 10. The first kappa shape index (κ1) is 86.5. The predicted molar refractivity (Wildman–Crippen MR) is 397 cm³/mol. The molecule has 106 heavy (non-hydrogen) atoms. The second-order valence-electron chi connectivity index (χ2n) is 32.1. The summed E-state index contributed by atoms with van der Waals surface area (Å²) in [4.78, 5) is 195. The summed E-state index contributed by atoms with van der Waals surface area (Å²) in [5, 5.41) is 5.70. The lowest BCUT2D eigenvalue weighted by atomic mass is 9.77. The molecule has 10 amide bonds. The van der Waals surface area contributed by atoms with Gasteiger partial charge in [0.1, 0.15) is 30.2 Å². The molecule has 6 aliphatic rings. The van der Waals surface area contributed by atoms with Crippen LogP contribution in [0, 0.1) is 35.0 Å². The molecule has 3 heterocycles. The second-order valence-corrected chi connectivity index (χ2v) is 32.5. The Morgan fingerprint density at radius 3 is 1.81 bits per heavy atom. The van der Waals surface area contributed by atoms with Crippen LogP contribution in [0.1, 0.15) is 193 Å². The number of likely N-dealkylation sites (tertiary alicyclic amines) is 1. The molecule has 3 saturated carbocycles. The van der Waals surface area contributed by atoms with E-state index in [4.69, 9.17) is 11.6 Å². The molecular weight excluding hydrogens is 1390 g/mol. The van der Waals surface area contributed by atoms with Gasteiger partial charge < -0.3 is 54.7 Å². The summed E-state index contributed by atoms with van der Waals surface area (Å²) in [6.07, 6.45) is 6.53. The van der Waals surface area contributed by atoms with E-state index in [1.165, 1.54) is 88.7 Å². The van der Waals surface area contributed by atoms with Crippen LogP contribution >= 0.6 is 11.6 Å². The molecule has 594 valence electrons. The van der Waals surface area contributed by atoms with Gasteiger partial charge in [-0.15, -0.1) is 0 Å². The van der Waals surface area contributed by atoms with Gasteiger partial charge in [-0.3, -0.25) is 62.4 Å². The number of amides is 10. The van der Waals surface area contributed by atoms with Crippen molar-refractivity contribution in [1.82, 2.24) is 59.6 Å². The number of hydrogen-bond acceptors (Lipinski definition) is 14. The van der Waals surface area contributed by atoms with Crippen molar-refractivity contribution < 1.29 is 70.7 Å². The van der Waals surface area contributed by atoms with Crippen molar-refractivity contribution in [2.24, 2.45) is 35.0 Å². The number of halogens is 4. The van der Waals surface area contributed by atoms with Gasteiger partial charge in [0.2, 0.25) is 59.1 Å². The van der Waals surface area contributed by atoms with E-state index in [0.29, 0.717) is 96.3 Å². The van der Waals surface area contributed by atoms with Gasteiger partial charge in [-0.2, -0.15) is 13.2 Å². The first-order valence-electron chi connectivity index (χ1n) is 39.2. The molecule has 0 radical (unpaired) electrons. The van der Waals surface area contributed by atoms with Crippen molar-refractivity contribution in [3.63, 3.8) is 0 Å². The third kappa shape index (κ3) is 23.4. The Kier molecular flexibility index (Phi) is 32.7. The summed E-state index contributed by atoms with van der Waals surface area (Å²) in [6.45, 7) is 9.04. The lowest BCUT2D eigenvalue weighted by molar-refractivity contribution is -0.158. The fourth-order valence-corrected chi connectivity index (χ4v) is 17.1. The fraction of sp³-hybridized carbons (Fsp3) is 0.769. The maximum Gasteiger partial charge on any atom is 0.417 e. The van der Waals surface area contributed by atoms with Crippen LogP contribution in [0.15, 0.2) is 18.2 Å². The molecule has 2 N–H and O–H groups in total. The zero-order valence-corrected chi connectivity index (χ0v) is 65.8. The van der Waals surface area contributed by atoms with Crippen LogP contribution in [-0.4, -0.2) is 278 Å². The van der Waals surface area contributed by atoms with Crippen molar-refractivity contribution in [3.05, 3.63) is 34.3 Å². The molecule has 3 saturated heterocycles. The average molecular weight is 1510 g/mol. The summed E-state index contributed by atoms with van der Waals surface area (Å²) in [5.74, 6) is -9.03. The topological polar surface area (TPSA) is 261 Å². The first-order valence-corrected chi connectivity index (χ1v) is 39.5. The number of ketones is 2. The molecular formula is C78H122ClF3N12O12. The monoisotopic (exact) mass is 1510 g/mol. The first-order chi connectivity index (χ1) is 50.2. The summed E-state index contributed by atoms with van der Waals surface area (Å²) >= 11 is 6.24. The number of carbonyl (C=O) groups excluding carboxylic acids is 12. The fourth-order valence-electron chi connectivity index (χ4n) is 16.8. The Bertz CT molecular complexity index is 3220. The number of piperidine rings is 1. The minimum absolute atomic E-state index is 0.0178. The number of hydrogen-bond donors (Lipinski definition) is 2. The summed E-state index contributed by atoms with van der Waals surface area (Å²) < 4.78 is 42.1. The minimum atomic E-state index is -4.75. The van der Waals surface area contributed by atoms with E-state index in [9.17, 15) is 37.1 Å². The van der Waals surface area contributed by atoms with E-state index < -0.39 is 174 Å². The van der Waals surface area contributed by atoms with Crippen molar-refractivity contribution >= 4 is 82.2 Å². The zero-order valence-electron chi connectivity index (χ0n) is 65.1. The Morgan fingerprint density at radius 1 is 0.613 bits per heavy atom. The number of benzene rings is 1. The molecule has 2 unspecified atom stereocenters. The van der Waals surface area contributed by atoms with Gasteiger partial charge in [-0.05, 0) is 112 Å². The molecule has 1 aromatic carbocycles. The van der Waals surface area contributed by atoms with E-state index in [-0.39, 0.29) is 69.2 Å². The van der Waals surface area contributed by atoms with E-state index in [2.05, 4.69) is 15.5 Å². The van der Waals surface area contributed by atoms with Gasteiger partial charge >= 0.3 is 6.18 Å². The Hall–Kier alpha value is -6.74. The van der Waals surface area contributed by atoms with E-state index >= 15 is 33.6 Å². The SMILES string of the molecule is CC[C@H](C)[C@@H]1NC(=O)[C@H](CC(C)C)N(C)C(=O)CC(C(=O)N2CCCCC2)N(C)C(=O)C(C2CCCCC2)N(C)C(=O)C2(CCCC2)CC(=O)CN(CCN2CCNCC2)C(=O)[C@H](CCc2ccc(C(F)(F)F)c(Cl)c2)CC(=O)CN(C)C(=O)[C@H](CC2CCCCC2)N(C)C(=O)CN(C)C(=O)CN(C)C1=O. The quantitative estimate of drug-likeness (QED) is 0.185. The molecule has 6 fully saturated rings. The van der Waals surface area contributed by atoms with Crippen LogP contribution in [0.5, 0.6) is 0 Å². The second kappa shape index (κ2) is 40.1. The summed E-state index contributed by atoms with van der Waals surface area (Å²) in [5.41, 5.74) is -2.04. The molecule has 7 atom stereocenters. The van der Waals surface area contributed by atoms with Gasteiger partial charge in [0.05, 0.1) is 48.6 Å². The number of alkyl halides is 3. The number of nitrogens with one attached hydrogen (secondary N) is 2. The Balaban J connectivity index is 1.31.